The summed E-state index contributed by atoms with van der Waals surface area (Å²) in [5.74, 6) is -1.99. The molecule has 2 saturated carbocycles. The summed E-state index contributed by atoms with van der Waals surface area (Å²) in [6.07, 6.45) is 9.59. The van der Waals surface area contributed by atoms with E-state index >= 15 is 0 Å². The van der Waals surface area contributed by atoms with Crippen LogP contribution < -0.4 is 10.6 Å². The lowest BCUT2D eigenvalue weighted by molar-refractivity contribution is -0.141. The highest BCUT2D eigenvalue weighted by Crippen LogP contribution is 2.47. The Kier molecular flexibility index (Phi) is 9.02. The molecule has 0 unspecified atom stereocenters. The minimum atomic E-state index is -3.54. The van der Waals surface area contributed by atoms with Crippen LogP contribution in [0.25, 0.3) is 0 Å². The van der Waals surface area contributed by atoms with Crippen molar-refractivity contribution in [3.8, 4) is 0 Å². The van der Waals surface area contributed by atoms with Gasteiger partial charge in [-0.2, -0.15) is 0 Å². The first-order valence-electron chi connectivity index (χ1n) is 14.8. The molecule has 0 aromatic carbocycles. The summed E-state index contributed by atoms with van der Waals surface area (Å²) >= 11 is 0. The number of rotatable bonds is 6. The lowest BCUT2D eigenvalue weighted by Gasteiger charge is -2.30. The van der Waals surface area contributed by atoms with E-state index in [-0.39, 0.29) is 17.7 Å². The summed E-state index contributed by atoms with van der Waals surface area (Å²) in [4.78, 5) is 55.2. The first-order valence-corrected chi connectivity index (χ1v) is 16.5. The number of allylic oxidation sites excluding steroid dienone is 1. The van der Waals surface area contributed by atoms with Crippen LogP contribution in [0.2, 0.25) is 0 Å². The average molecular weight is 580 g/mol. The van der Waals surface area contributed by atoms with Crippen molar-refractivity contribution in [1.29, 1.82) is 0 Å². The number of sulfone groups is 1. The fourth-order valence-electron chi connectivity index (χ4n) is 5.88. The van der Waals surface area contributed by atoms with Gasteiger partial charge in [0, 0.05) is 12.5 Å². The fourth-order valence-corrected chi connectivity index (χ4v) is 7.59. The number of hydrogen-bond acceptors (Lipinski definition) is 7. The summed E-state index contributed by atoms with van der Waals surface area (Å²) in [5.41, 5.74) is -1.99. The number of amides is 3. The summed E-state index contributed by atoms with van der Waals surface area (Å²) < 4.78 is 30.7. The Morgan fingerprint density at radius 2 is 1.88 bits per heavy atom. The first-order chi connectivity index (χ1) is 18.8. The van der Waals surface area contributed by atoms with Crippen LogP contribution >= 0.6 is 0 Å². The second kappa shape index (κ2) is 11.8. The summed E-state index contributed by atoms with van der Waals surface area (Å²) in [6.45, 7) is 7.64. The van der Waals surface area contributed by atoms with Crippen molar-refractivity contribution >= 4 is 33.5 Å². The number of alkyl carbamates (subject to hydrolysis) is 1. The van der Waals surface area contributed by atoms with Crippen LogP contribution in [0.5, 0.6) is 0 Å². The van der Waals surface area contributed by atoms with Gasteiger partial charge in [-0.3, -0.25) is 14.4 Å². The van der Waals surface area contributed by atoms with Crippen LogP contribution in [0, 0.1) is 11.8 Å². The molecule has 0 aromatic heterocycles. The molecule has 2 N–H and O–H groups in total. The van der Waals surface area contributed by atoms with Crippen LogP contribution in [0.15, 0.2) is 12.2 Å². The zero-order valence-corrected chi connectivity index (χ0v) is 25.1. The van der Waals surface area contributed by atoms with E-state index in [1.54, 1.807) is 20.8 Å². The van der Waals surface area contributed by atoms with Gasteiger partial charge in [-0.15, -0.1) is 0 Å². The lowest BCUT2D eigenvalue weighted by Crippen LogP contribution is -2.57. The van der Waals surface area contributed by atoms with Gasteiger partial charge in [0.1, 0.15) is 29.0 Å². The van der Waals surface area contributed by atoms with E-state index in [1.807, 2.05) is 19.1 Å². The number of ketones is 1. The molecule has 224 valence electrons. The number of fused-ring (bicyclic) bond motifs is 2. The van der Waals surface area contributed by atoms with Gasteiger partial charge in [0.15, 0.2) is 15.6 Å². The van der Waals surface area contributed by atoms with Gasteiger partial charge in [0.05, 0.1) is 5.25 Å². The Bertz CT molecular complexity index is 1140. The number of ether oxygens (including phenoxy) is 1. The molecule has 3 fully saturated rings. The van der Waals surface area contributed by atoms with Crippen LogP contribution in [0.3, 0.4) is 0 Å². The Morgan fingerprint density at radius 3 is 2.52 bits per heavy atom. The molecule has 2 aliphatic carbocycles. The number of nitrogens with one attached hydrogen (secondary N) is 2. The van der Waals surface area contributed by atoms with Crippen LogP contribution in [-0.2, 0) is 29.0 Å². The van der Waals surface area contributed by atoms with Gasteiger partial charge in [0.25, 0.3) is 0 Å². The molecule has 40 heavy (non-hydrogen) atoms. The van der Waals surface area contributed by atoms with Crippen molar-refractivity contribution in [3.63, 3.8) is 0 Å². The molecule has 10 nitrogen and oxygen atoms in total. The third kappa shape index (κ3) is 7.25. The van der Waals surface area contributed by atoms with Gasteiger partial charge >= 0.3 is 6.09 Å². The molecule has 0 aromatic rings. The van der Waals surface area contributed by atoms with E-state index in [0.29, 0.717) is 45.1 Å². The molecule has 0 bridgehead atoms. The quantitative estimate of drug-likeness (QED) is 0.461. The van der Waals surface area contributed by atoms with E-state index in [4.69, 9.17) is 4.74 Å². The third-order valence-electron chi connectivity index (χ3n) is 8.49. The van der Waals surface area contributed by atoms with Crippen LogP contribution in [-0.4, -0.2) is 77.8 Å². The number of hydrogen-bond donors (Lipinski definition) is 2. The van der Waals surface area contributed by atoms with Crippen molar-refractivity contribution in [2.75, 3.05) is 12.3 Å². The lowest BCUT2D eigenvalue weighted by atomic mass is 10.0. The normalized spacial score (nSPS) is 32.5. The summed E-state index contributed by atoms with van der Waals surface area (Å²) in [7, 11) is -3.54. The third-order valence-corrected chi connectivity index (χ3v) is 10.6. The minimum absolute atomic E-state index is 0.0950. The van der Waals surface area contributed by atoms with Gasteiger partial charge in [-0.1, -0.05) is 38.3 Å². The average Bonchev–Trinajstić information content (AvgIpc) is 3.77. The molecule has 5 atom stereocenters. The van der Waals surface area contributed by atoms with Crippen molar-refractivity contribution in [1.82, 2.24) is 15.5 Å². The zero-order chi connectivity index (χ0) is 29.3. The molecule has 2 heterocycles. The van der Waals surface area contributed by atoms with E-state index in [0.717, 1.165) is 25.7 Å². The molecule has 3 amide bonds. The number of nitrogens with zero attached hydrogens (tertiary/aromatic N) is 1. The smallest absolute Gasteiger partial charge is 0.408 e. The van der Waals surface area contributed by atoms with Gasteiger partial charge < -0.3 is 20.3 Å². The Hall–Kier alpha value is -2.43. The van der Waals surface area contributed by atoms with E-state index in [2.05, 4.69) is 10.6 Å². The molecule has 4 aliphatic rings. The molecule has 0 radical (unpaired) electrons. The van der Waals surface area contributed by atoms with Crippen molar-refractivity contribution in [3.05, 3.63) is 12.2 Å². The second-order valence-electron chi connectivity index (χ2n) is 13.0. The zero-order valence-electron chi connectivity index (χ0n) is 24.2. The number of carbonyl (C=O) groups excluding carboxylic acids is 4. The van der Waals surface area contributed by atoms with Gasteiger partial charge in [-0.05, 0) is 71.6 Å². The SMILES string of the molecule is CC[C@@H]1C[C@H]2C(=O)N[C@]3(C(=O)CS(=O)(=O)C4CC4)C[C@H]3/C=C\CCCCC[C@H](NC(=O)OC(C)(C)C)C(=O)N2C1. The first kappa shape index (κ1) is 30.5. The van der Waals surface area contributed by atoms with Crippen molar-refractivity contribution in [2.45, 2.75) is 120 Å². The maximum Gasteiger partial charge on any atom is 0.408 e. The fraction of sp³-hybridized carbons (Fsp3) is 0.793. The molecule has 1 saturated heterocycles. The highest BCUT2D eigenvalue weighted by molar-refractivity contribution is 7.93. The molecular weight excluding hydrogens is 534 g/mol. The number of carbonyl (C=O) groups is 4. The largest absolute Gasteiger partial charge is 0.444 e. The van der Waals surface area contributed by atoms with Crippen LogP contribution in [0.1, 0.15) is 91.9 Å². The predicted octanol–water partition coefficient (Wildman–Crippen LogP) is 3.05. The van der Waals surface area contributed by atoms with E-state index < -0.39 is 61.8 Å². The Labute approximate surface area is 237 Å². The molecular formula is C29H45N3O7S. The molecule has 2 aliphatic heterocycles. The maximum absolute atomic E-state index is 13.9. The molecule has 0 spiro atoms. The Morgan fingerprint density at radius 1 is 1.15 bits per heavy atom. The minimum Gasteiger partial charge on any atom is -0.444 e. The highest BCUT2D eigenvalue weighted by atomic mass is 32.2. The van der Waals surface area contributed by atoms with Crippen molar-refractivity contribution in [2.24, 2.45) is 11.8 Å². The molecule has 4 rings (SSSR count). The standard InChI is InChI=1S/C29H45N3O7S/c1-5-19-15-23-25(34)31-29(24(33)18-40(37,38)21-13-14-21)16-20(29)11-9-7-6-8-10-12-22(26(35)32(23)17-19)30-27(36)39-28(2,3)4/h9,11,19-23H,5-8,10,12-18H2,1-4H3,(H,30,36)(H,31,34)/b11-9-/t19-,20-,22+,23+,29-/m1/s1. The number of Topliss-reactive ketones (excluding diaryl/α,β-unsaturated/α-hetero) is 1. The monoisotopic (exact) mass is 579 g/mol. The van der Waals surface area contributed by atoms with Gasteiger partial charge in [-0.25, -0.2) is 13.2 Å². The predicted molar refractivity (Wildman–Crippen MR) is 150 cm³/mol. The maximum atomic E-state index is 13.9. The molecule has 11 heteroatoms. The summed E-state index contributed by atoms with van der Waals surface area (Å²) in [5, 5.41) is 5.22. The van der Waals surface area contributed by atoms with E-state index in [9.17, 15) is 27.6 Å². The highest BCUT2D eigenvalue weighted by Gasteiger charge is 2.61. The van der Waals surface area contributed by atoms with Crippen molar-refractivity contribution < 1.29 is 32.3 Å². The van der Waals surface area contributed by atoms with E-state index in [1.165, 1.54) is 4.90 Å². The summed E-state index contributed by atoms with van der Waals surface area (Å²) in [6, 6.07) is -1.64. The topological polar surface area (TPSA) is 139 Å². The van der Waals surface area contributed by atoms with Crippen LogP contribution in [0.4, 0.5) is 4.79 Å². The van der Waals surface area contributed by atoms with Gasteiger partial charge in [0.2, 0.25) is 11.8 Å². The Balaban J connectivity index is 1.58. The second-order valence-corrected chi connectivity index (χ2v) is 15.3.